The zero-order valence-corrected chi connectivity index (χ0v) is 10.6. The number of nitrogens with one attached hydrogen (secondary N) is 1. The van der Waals surface area contributed by atoms with Crippen LogP contribution in [0.2, 0.25) is 0 Å². The van der Waals surface area contributed by atoms with Crippen molar-refractivity contribution in [3.63, 3.8) is 0 Å². The minimum atomic E-state index is -0.963. The molecule has 0 saturated heterocycles. The van der Waals surface area contributed by atoms with Gasteiger partial charge in [-0.15, -0.1) is 0 Å². The van der Waals surface area contributed by atoms with Crippen LogP contribution in [0.3, 0.4) is 0 Å². The summed E-state index contributed by atoms with van der Waals surface area (Å²) in [4.78, 5) is 19.1. The van der Waals surface area contributed by atoms with Crippen molar-refractivity contribution in [2.24, 2.45) is 0 Å². The third-order valence-corrected chi connectivity index (χ3v) is 3.35. The highest BCUT2D eigenvalue weighted by molar-refractivity contribution is 5.88. The number of carboxylic acid groups (broad SMARTS) is 1. The standard InChI is InChI=1S/C14H13N3O3/c18-11-6-5-10-12(11)13(16-7-15-10)17-9-3-1-8(2-4-9)14(19)20/h1-4,7,11,18H,5-6H2,(H,19,20)(H,15,16,17). The van der Waals surface area contributed by atoms with Crippen molar-refractivity contribution in [1.29, 1.82) is 0 Å². The molecule has 0 bridgehead atoms. The van der Waals surface area contributed by atoms with E-state index < -0.39 is 12.1 Å². The Morgan fingerprint density at radius 1 is 1.25 bits per heavy atom. The van der Waals surface area contributed by atoms with E-state index in [4.69, 9.17) is 5.11 Å². The molecule has 0 fully saturated rings. The number of anilines is 2. The van der Waals surface area contributed by atoms with Crippen molar-refractivity contribution in [2.75, 3.05) is 5.32 Å². The van der Waals surface area contributed by atoms with Gasteiger partial charge < -0.3 is 15.5 Å². The Morgan fingerprint density at radius 2 is 2.00 bits per heavy atom. The first-order valence-corrected chi connectivity index (χ1v) is 6.27. The molecule has 1 unspecified atom stereocenters. The van der Waals surface area contributed by atoms with Gasteiger partial charge in [0.1, 0.15) is 12.1 Å². The number of carboxylic acids is 1. The van der Waals surface area contributed by atoms with Crippen LogP contribution < -0.4 is 5.32 Å². The molecule has 0 spiro atoms. The zero-order chi connectivity index (χ0) is 14.1. The van der Waals surface area contributed by atoms with Crippen LogP contribution in [-0.4, -0.2) is 26.2 Å². The Balaban J connectivity index is 1.89. The Morgan fingerprint density at radius 3 is 2.70 bits per heavy atom. The van der Waals surface area contributed by atoms with E-state index in [0.717, 1.165) is 23.4 Å². The second-order valence-corrected chi connectivity index (χ2v) is 4.64. The molecule has 0 aliphatic heterocycles. The van der Waals surface area contributed by atoms with Crippen LogP contribution in [0.25, 0.3) is 0 Å². The molecule has 3 rings (SSSR count). The number of aromatic carboxylic acids is 1. The number of rotatable bonds is 3. The number of aryl methyl sites for hydroxylation is 1. The molecule has 20 heavy (non-hydrogen) atoms. The van der Waals surface area contributed by atoms with Gasteiger partial charge in [-0.25, -0.2) is 14.8 Å². The molecule has 1 atom stereocenters. The third kappa shape index (κ3) is 2.21. The molecule has 0 amide bonds. The summed E-state index contributed by atoms with van der Waals surface area (Å²) in [5, 5.41) is 21.9. The molecule has 0 saturated carbocycles. The van der Waals surface area contributed by atoms with Gasteiger partial charge in [0.25, 0.3) is 0 Å². The number of aliphatic hydroxyl groups excluding tert-OH is 1. The van der Waals surface area contributed by atoms with Gasteiger partial charge in [-0.1, -0.05) is 0 Å². The molecule has 6 heteroatoms. The molecule has 2 aromatic rings. The molecule has 1 aromatic heterocycles. The number of hydrogen-bond acceptors (Lipinski definition) is 5. The molecule has 1 aliphatic carbocycles. The van der Waals surface area contributed by atoms with E-state index in [1.807, 2.05) is 0 Å². The van der Waals surface area contributed by atoms with Crippen molar-refractivity contribution in [2.45, 2.75) is 18.9 Å². The lowest BCUT2D eigenvalue weighted by atomic mass is 10.2. The first-order valence-electron chi connectivity index (χ1n) is 6.27. The summed E-state index contributed by atoms with van der Waals surface area (Å²) in [6.07, 6.45) is 2.31. The monoisotopic (exact) mass is 271 g/mol. The zero-order valence-electron chi connectivity index (χ0n) is 10.6. The Kier molecular flexibility index (Phi) is 3.08. The fourth-order valence-electron chi connectivity index (χ4n) is 2.33. The van der Waals surface area contributed by atoms with E-state index >= 15 is 0 Å². The Hall–Kier alpha value is -2.47. The SMILES string of the molecule is O=C(O)c1ccc(Nc2ncnc3c2C(O)CC3)cc1. The minimum absolute atomic E-state index is 0.225. The second kappa shape index (κ2) is 4.90. The van der Waals surface area contributed by atoms with Crippen LogP contribution in [-0.2, 0) is 6.42 Å². The van der Waals surface area contributed by atoms with E-state index in [1.54, 1.807) is 12.1 Å². The summed E-state index contributed by atoms with van der Waals surface area (Å²) >= 11 is 0. The Bertz CT molecular complexity index is 655. The van der Waals surface area contributed by atoms with Crippen molar-refractivity contribution >= 4 is 17.5 Å². The lowest BCUT2D eigenvalue weighted by molar-refractivity contribution is 0.0697. The van der Waals surface area contributed by atoms with Crippen LogP contribution in [0.5, 0.6) is 0 Å². The van der Waals surface area contributed by atoms with E-state index in [9.17, 15) is 9.90 Å². The topological polar surface area (TPSA) is 95.3 Å². The Labute approximate surface area is 115 Å². The summed E-state index contributed by atoms with van der Waals surface area (Å²) in [5.74, 6) is -0.391. The van der Waals surface area contributed by atoms with Gasteiger partial charge >= 0.3 is 5.97 Å². The average molecular weight is 271 g/mol. The van der Waals surface area contributed by atoms with Crippen LogP contribution in [0.1, 0.15) is 34.1 Å². The van der Waals surface area contributed by atoms with E-state index in [1.165, 1.54) is 18.5 Å². The van der Waals surface area contributed by atoms with Crippen LogP contribution >= 0.6 is 0 Å². The first kappa shape index (κ1) is 12.6. The fraction of sp³-hybridized carbons (Fsp3) is 0.214. The van der Waals surface area contributed by atoms with Crippen molar-refractivity contribution in [3.05, 3.63) is 47.4 Å². The van der Waals surface area contributed by atoms with Gasteiger partial charge in [0.2, 0.25) is 0 Å². The molecule has 1 aliphatic rings. The summed E-state index contributed by atoms with van der Waals surface area (Å²) in [6, 6.07) is 6.36. The quantitative estimate of drug-likeness (QED) is 0.789. The average Bonchev–Trinajstić information content (AvgIpc) is 2.82. The number of nitrogens with zero attached hydrogens (tertiary/aromatic N) is 2. The van der Waals surface area contributed by atoms with Gasteiger partial charge in [0.05, 0.1) is 17.4 Å². The normalized spacial score (nSPS) is 16.8. The molecule has 102 valence electrons. The molecule has 1 heterocycles. The van der Waals surface area contributed by atoms with Crippen molar-refractivity contribution in [3.8, 4) is 0 Å². The lowest BCUT2D eigenvalue weighted by Crippen LogP contribution is -2.03. The van der Waals surface area contributed by atoms with E-state index in [-0.39, 0.29) is 5.56 Å². The molecule has 6 nitrogen and oxygen atoms in total. The maximum Gasteiger partial charge on any atom is 0.335 e. The highest BCUT2D eigenvalue weighted by Gasteiger charge is 2.25. The molecular formula is C14H13N3O3. The minimum Gasteiger partial charge on any atom is -0.478 e. The molecule has 0 radical (unpaired) electrons. The molecule has 3 N–H and O–H groups in total. The van der Waals surface area contributed by atoms with Gasteiger partial charge in [0.15, 0.2) is 0 Å². The number of carbonyl (C=O) groups is 1. The highest BCUT2D eigenvalue weighted by atomic mass is 16.4. The summed E-state index contributed by atoms with van der Waals surface area (Å²) in [6.45, 7) is 0. The van der Waals surface area contributed by atoms with Gasteiger partial charge in [0, 0.05) is 11.3 Å². The number of hydrogen-bond donors (Lipinski definition) is 3. The first-order chi connectivity index (χ1) is 9.65. The maximum atomic E-state index is 10.8. The smallest absolute Gasteiger partial charge is 0.335 e. The predicted molar refractivity (Wildman–Crippen MR) is 72.0 cm³/mol. The summed E-state index contributed by atoms with van der Waals surface area (Å²) < 4.78 is 0. The van der Waals surface area contributed by atoms with Gasteiger partial charge in [-0.2, -0.15) is 0 Å². The number of fused-ring (bicyclic) bond motifs is 1. The summed E-state index contributed by atoms with van der Waals surface area (Å²) in [7, 11) is 0. The van der Waals surface area contributed by atoms with Crippen molar-refractivity contribution in [1.82, 2.24) is 9.97 Å². The van der Waals surface area contributed by atoms with Crippen LogP contribution in [0, 0.1) is 0 Å². The van der Waals surface area contributed by atoms with Gasteiger partial charge in [-0.05, 0) is 37.1 Å². The predicted octanol–water partition coefficient (Wildman–Crippen LogP) is 1.90. The number of benzene rings is 1. The fourth-order valence-corrected chi connectivity index (χ4v) is 2.33. The number of aromatic nitrogens is 2. The van der Waals surface area contributed by atoms with E-state index in [2.05, 4.69) is 15.3 Å². The lowest BCUT2D eigenvalue weighted by Gasteiger charge is -2.12. The number of aliphatic hydroxyl groups is 1. The van der Waals surface area contributed by atoms with Crippen LogP contribution in [0.15, 0.2) is 30.6 Å². The largest absolute Gasteiger partial charge is 0.478 e. The van der Waals surface area contributed by atoms with Crippen LogP contribution in [0.4, 0.5) is 11.5 Å². The molecule has 1 aromatic carbocycles. The summed E-state index contributed by atoms with van der Waals surface area (Å²) in [5.41, 5.74) is 2.53. The van der Waals surface area contributed by atoms with Gasteiger partial charge in [-0.3, -0.25) is 0 Å². The second-order valence-electron chi connectivity index (χ2n) is 4.64. The van der Waals surface area contributed by atoms with Crippen molar-refractivity contribution < 1.29 is 15.0 Å². The van der Waals surface area contributed by atoms with E-state index in [0.29, 0.717) is 12.2 Å². The highest BCUT2D eigenvalue weighted by Crippen LogP contribution is 2.34. The maximum absolute atomic E-state index is 10.8. The third-order valence-electron chi connectivity index (χ3n) is 3.35. The molecular weight excluding hydrogens is 258 g/mol.